The maximum Gasteiger partial charge on any atom is 0.165 e. The molecule has 1 saturated heterocycles. The molecule has 0 amide bonds. The molecule has 0 saturated carbocycles. The zero-order valence-corrected chi connectivity index (χ0v) is 17.7. The molecule has 1 N–H and O–H groups in total. The molecule has 0 bridgehead atoms. The van der Waals surface area contributed by atoms with E-state index in [0.717, 1.165) is 13.1 Å². The Hall–Kier alpha value is -2.72. The molecule has 0 spiro atoms. The van der Waals surface area contributed by atoms with Crippen molar-refractivity contribution in [3.63, 3.8) is 0 Å². The monoisotopic (exact) mass is 448 g/mol. The zero-order chi connectivity index (χ0) is 21.6. The van der Waals surface area contributed by atoms with E-state index < -0.39 is 5.82 Å². The van der Waals surface area contributed by atoms with E-state index in [1.165, 1.54) is 12.4 Å². The average Bonchev–Trinajstić information content (AvgIpc) is 2.80. The number of hydrogen-bond acceptors (Lipinski definition) is 8. The SMILES string of the molecule is COc1cc2ncnc(Nc3cccc(Cl)c3F)c2cc1OCCON1CCOCC1. The largest absolute Gasteiger partial charge is 0.493 e. The van der Waals surface area contributed by atoms with Crippen molar-refractivity contribution in [1.29, 1.82) is 0 Å². The second-order valence-electron chi connectivity index (χ2n) is 6.69. The molecule has 1 aromatic heterocycles. The fourth-order valence-electron chi connectivity index (χ4n) is 3.16. The molecule has 0 atom stereocenters. The summed E-state index contributed by atoms with van der Waals surface area (Å²) in [6.45, 7) is 3.46. The van der Waals surface area contributed by atoms with Gasteiger partial charge in [0.25, 0.3) is 0 Å². The van der Waals surface area contributed by atoms with Crippen molar-refractivity contribution in [2.45, 2.75) is 0 Å². The van der Waals surface area contributed by atoms with Crippen LogP contribution in [0, 0.1) is 5.82 Å². The number of fused-ring (bicyclic) bond motifs is 1. The van der Waals surface area contributed by atoms with Crippen LogP contribution in [0.25, 0.3) is 10.9 Å². The number of hydrogen-bond donors (Lipinski definition) is 1. The molecule has 0 radical (unpaired) electrons. The van der Waals surface area contributed by atoms with E-state index in [1.54, 1.807) is 31.4 Å². The van der Waals surface area contributed by atoms with Gasteiger partial charge in [-0.2, -0.15) is 5.06 Å². The van der Waals surface area contributed by atoms with Gasteiger partial charge in [-0.05, 0) is 18.2 Å². The molecule has 10 heteroatoms. The number of aromatic nitrogens is 2. The number of ether oxygens (including phenoxy) is 3. The van der Waals surface area contributed by atoms with Crippen LogP contribution in [0.3, 0.4) is 0 Å². The quantitative estimate of drug-likeness (QED) is 0.521. The summed E-state index contributed by atoms with van der Waals surface area (Å²) in [5, 5.41) is 5.51. The van der Waals surface area contributed by atoms with Gasteiger partial charge in [0, 0.05) is 24.5 Å². The fraction of sp³-hybridized carbons (Fsp3) is 0.333. The van der Waals surface area contributed by atoms with E-state index in [9.17, 15) is 4.39 Å². The van der Waals surface area contributed by atoms with Crippen molar-refractivity contribution in [3.8, 4) is 11.5 Å². The summed E-state index contributed by atoms with van der Waals surface area (Å²) in [6.07, 6.45) is 1.39. The van der Waals surface area contributed by atoms with Gasteiger partial charge in [0.1, 0.15) is 25.4 Å². The molecule has 3 aromatic rings. The van der Waals surface area contributed by atoms with Gasteiger partial charge < -0.3 is 19.5 Å². The van der Waals surface area contributed by atoms with Crippen molar-refractivity contribution in [1.82, 2.24) is 15.0 Å². The van der Waals surface area contributed by atoms with E-state index in [0.29, 0.717) is 54.6 Å². The third-order valence-corrected chi connectivity index (χ3v) is 5.00. The number of nitrogens with zero attached hydrogens (tertiary/aromatic N) is 3. The van der Waals surface area contributed by atoms with Crippen LogP contribution in [0.1, 0.15) is 0 Å². The molecule has 2 aromatic carbocycles. The van der Waals surface area contributed by atoms with Gasteiger partial charge in [0.2, 0.25) is 0 Å². The van der Waals surface area contributed by atoms with E-state index >= 15 is 0 Å². The number of benzene rings is 2. The van der Waals surface area contributed by atoms with Gasteiger partial charge in [-0.1, -0.05) is 17.7 Å². The number of anilines is 2. The minimum Gasteiger partial charge on any atom is -0.493 e. The summed E-state index contributed by atoms with van der Waals surface area (Å²) in [7, 11) is 1.56. The minimum atomic E-state index is -0.554. The van der Waals surface area contributed by atoms with Crippen molar-refractivity contribution in [2.24, 2.45) is 0 Å². The highest BCUT2D eigenvalue weighted by Gasteiger charge is 2.15. The first-order valence-corrected chi connectivity index (χ1v) is 10.2. The van der Waals surface area contributed by atoms with E-state index in [1.807, 2.05) is 5.06 Å². The summed E-state index contributed by atoms with van der Waals surface area (Å²) < 4.78 is 31.0. The van der Waals surface area contributed by atoms with Gasteiger partial charge in [0.05, 0.1) is 36.6 Å². The highest BCUT2D eigenvalue weighted by atomic mass is 35.5. The van der Waals surface area contributed by atoms with Gasteiger partial charge in [-0.3, -0.25) is 4.84 Å². The second kappa shape index (κ2) is 10.1. The van der Waals surface area contributed by atoms with Crippen LogP contribution >= 0.6 is 11.6 Å². The molecular formula is C21H22ClFN4O4. The standard InChI is InChI=1S/C21H22ClFN4O4/c1-28-18-12-17-14(11-19(18)30-9-10-31-27-5-7-29-8-6-27)21(25-13-24-17)26-16-4-2-3-15(22)20(16)23/h2-4,11-13H,5-10H2,1H3,(H,24,25,26). The van der Waals surface area contributed by atoms with Gasteiger partial charge in [0.15, 0.2) is 17.3 Å². The first kappa shape index (κ1) is 21.5. The van der Waals surface area contributed by atoms with E-state index in [-0.39, 0.29) is 10.7 Å². The lowest BCUT2D eigenvalue weighted by Crippen LogP contribution is -2.37. The van der Waals surface area contributed by atoms with Crippen LogP contribution in [0.4, 0.5) is 15.9 Å². The van der Waals surface area contributed by atoms with E-state index in [4.69, 9.17) is 30.6 Å². The van der Waals surface area contributed by atoms with Crippen LogP contribution in [0.15, 0.2) is 36.7 Å². The van der Waals surface area contributed by atoms with Crippen LogP contribution in [0.2, 0.25) is 5.02 Å². The average molecular weight is 449 g/mol. The van der Waals surface area contributed by atoms with Crippen molar-refractivity contribution in [3.05, 3.63) is 47.5 Å². The van der Waals surface area contributed by atoms with E-state index in [2.05, 4.69) is 15.3 Å². The van der Waals surface area contributed by atoms with Crippen LogP contribution in [-0.2, 0) is 9.57 Å². The Morgan fingerprint density at radius 1 is 1.16 bits per heavy atom. The molecular weight excluding hydrogens is 427 g/mol. The second-order valence-corrected chi connectivity index (χ2v) is 7.10. The minimum absolute atomic E-state index is 0.0225. The molecule has 1 aliphatic heterocycles. The number of nitrogens with one attached hydrogen (secondary N) is 1. The van der Waals surface area contributed by atoms with Gasteiger partial charge >= 0.3 is 0 Å². The number of halogens is 2. The van der Waals surface area contributed by atoms with Crippen LogP contribution < -0.4 is 14.8 Å². The smallest absolute Gasteiger partial charge is 0.165 e. The number of rotatable bonds is 8. The predicted octanol–water partition coefficient (Wildman–Crippen LogP) is 3.82. The summed E-state index contributed by atoms with van der Waals surface area (Å²) in [5.41, 5.74) is 0.832. The lowest BCUT2D eigenvalue weighted by molar-refractivity contribution is -0.197. The third-order valence-electron chi connectivity index (χ3n) is 4.71. The Bertz CT molecular complexity index is 1050. The highest BCUT2D eigenvalue weighted by molar-refractivity contribution is 6.31. The summed E-state index contributed by atoms with van der Waals surface area (Å²) in [5.74, 6) is 0.895. The Labute approximate surface area is 183 Å². The zero-order valence-electron chi connectivity index (χ0n) is 16.9. The Kier molecular flexibility index (Phi) is 6.98. The first-order valence-electron chi connectivity index (χ1n) is 9.78. The molecule has 2 heterocycles. The van der Waals surface area contributed by atoms with Crippen LogP contribution in [0.5, 0.6) is 11.5 Å². The van der Waals surface area contributed by atoms with Gasteiger partial charge in [-0.15, -0.1) is 0 Å². The Balaban J connectivity index is 1.53. The molecule has 1 fully saturated rings. The topological polar surface area (TPSA) is 78.0 Å². The summed E-state index contributed by atoms with van der Waals surface area (Å²) in [4.78, 5) is 14.2. The highest BCUT2D eigenvalue weighted by Crippen LogP contribution is 2.35. The van der Waals surface area contributed by atoms with Crippen molar-refractivity contribution < 1.29 is 23.4 Å². The molecule has 4 rings (SSSR count). The molecule has 0 unspecified atom stereocenters. The maximum absolute atomic E-state index is 14.3. The summed E-state index contributed by atoms with van der Waals surface area (Å²) >= 11 is 5.88. The van der Waals surface area contributed by atoms with Gasteiger partial charge in [-0.25, -0.2) is 14.4 Å². The van der Waals surface area contributed by atoms with Crippen molar-refractivity contribution in [2.75, 3.05) is 51.9 Å². The number of methoxy groups -OCH3 is 1. The molecule has 31 heavy (non-hydrogen) atoms. The Morgan fingerprint density at radius 2 is 2.00 bits per heavy atom. The molecule has 164 valence electrons. The maximum atomic E-state index is 14.3. The predicted molar refractivity (Wildman–Crippen MR) is 115 cm³/mol. The number of morpholine rings is 1. The lowest BCUT2D eigenvalue weighted by Gasteiger charge is -2.25. The lowest BCUT2D eigenvalue weighted by atomic mass is 10.2. The molecule has 0 aliphatic carbocycles. The number of hydroxylamine groups is 2. The molecule has 1 aliphatic rings. The first-order chi connectivity index (χ1) is 15.2. The third kappa shape index (κ3) is 5.13. The fourth-order valence-corrected chi connectivity index (χ4v) is 3.33. The Morgan fingerprint density at radius 3 is 2.81 bits per heavy atom. The normalized spacial score (nSPS) is 14.5. The summed E-state index contributed by atoms with van der Waals surface area (Å²) in [6, 6.07) is 8.22. The molecule has 8 nitrogen and oxygen atoms in total. The van der Waals surface area contributed by atoms with Crippen LogP contribution in [-0.4, -0.2) is 61.7 Å². The van der Waals surface area contributed by atoms with Crippen molar-refractivity contribution >= 4 is 34.0 Å².